The number of benzene rings is 3. The van der Waals surface area contributed by atoms with E-state index in [0.29, 0.717) is 16.3 Å². The van der Waals surface area contributed by atoms with Gasteiger partial charge >= 0.3 is 0 Å². The van der Waals surface area contributed by atoms with Crippen molar-refractivity contribution >= 4 is 39.0 Å². The van der Waals surface area contributed by atoms with Gasteiger partial charge in [-0.25, -0.2) is 0 Å². The van der Waals surface area contributed by atoms with Crippen molar-refractivity contribution in [2.45, 2.75) is 12.1 Å². The van der Waals surface area contributed by atoms with Crippen LogP contribution in [0.2, 0.25) is 5.02 Å². The number of rotatable bonds is 3. The van der Waals surface area contributed by atoms with Gasteiger partial charge in [0, 0.05) is 15.2 Å². The third-order valence-corrected chi connectivity index (χ3v) is 5.14. The largest absolute Gasteiger partial charge is 0.482 e. The number of ether oxygens (including phenoxy) is 1. The van der Waals surface area contributed by atoms with E-state index < -0.39 is 12.1 Å². The summed E-state index contributed by atoms with van der Waals surface area (Å²) in [7, 11) is 0. The first-order valence-corrected chi connectivity index (χ1v) is 9.36. The minimum atomic E-state index is -0.535. The van der Waals surface area contributed by atoms with Crippen molar-refractivity contribution in [1.82, 2.24) is 0 Å². The summed E-state index contributed by atoms with van der Waals surface area (Å²) >= 11 is 9.41. The van der Waals surface area contributed by atoms with Crippen LogP contribution in [0.15, 0.2) is 77.3 Å². The fourth-order valence-electron chi connectivity index (χ4n) is 3.06. The molecule has 26 heavy (non-hydrogen) atoms. The predicted molar refractivity (Wildman–Crippen MR) is 107 cm³/mol. The van der Waals surface area contributed by atoms with Crippen molar-refractivity contribution in [2.75, 3.05) is 5.32 Å². The van der Waals surface area contributed by atoms with Gasteiger partial charge in [-0.3, -0.25) is 4.79 Å². The molecule has 5 heteroatoms. The minimum absolute atomic E-state index is 0.00900. The lowest BCUT2D eigenvalue weighted by Gasteiger charge is -2.33. The summed E-state index contributed by atoms with van der Waals surface area (Å²) in [5.74, 6) is 0.620. The van der Waals surface area contributed by atoms with Crippen LogP contribution in [0.5, 0.6) is 5.75 Å². The predicted octanol–water partition coefficient (Wildman–Crippen LogP) is 5.90. The van der Waals surface area contributed by atoms with Crippen LogP contribution in [0.25, 0.3) is 0 Å². The van der Waals surface area contributed by atoms with E-state index >= 15 is 0 Å². The number of carbonyl (C=O) groups is 1. The molecule has 0 aliphatic carbocycles. The maximum atomic E-state index is 13.2. The molecule has 0 saturated heterocycles. The Hall–Kier alpha value is -2.30. The van der Waals surface area contributed by atoms with E-state index in [-0.39, 0.29) is 5.78 Å². The van der Waals surface area contributed by atoms with E-state index in [1.807, 2.05) is 54.6 Å². The summed E-state index contributed by atoms with van der Waals surface area (Å²) in [6.07, 6.45) is -0.429. The number of ketones is 1. The number of halogens is 2. The molecule has 3 aromatic rings. The summed E-state index contributed by atoms with van der Waals surface area (Å²) in [5, 5.41) is 3.97. The molecule has 2 atom stereocenters. The van der Waals surface area contributed by atoms with Crippen LogP contribution in [0.3, 0.4) is 0 Å². The highest BCUT2D eigenvalue weighted by atomic mass is 79.9. The zero-order valence-corrected chi connectivity index (χ0v) is 16.0. The Balaban J connectivity index is 1.74. The summed E-state index contributed by atoms with van der Waals surface area (Å²) < 4.78 is 7.19. The molecular weight excluding hydrogens is 414 g/mol. The minimum Gasteiger partial charge on any atom is -0.482 e. The first-order valence-electron chi connectivity index (χ1n) is 8.19. The first kappa shape index (κ1) is 17.1. The molecule has 0 fully saturated rings. The molecule has 2 unspecified atom stereocenters. The van der Waals surface area contributed by atoms with Crippen LogP contribution >= 0.6 is 27.5 Å². The second-order valence-electron chi connectivity index (χ2n) is 6.08. The molecule has 0 aromatic heterocycles. The topological polar surface area (TPSA) is 38.3 Å². The summed E-state index contributed by atoms with van der Waals surface area (Å²) in [5.41, 5.74) is 2.34. The molecule has 0 bridgehead atoms. The van der Waals surface area contributed by atoms with Crippen molar-refractivity contribution in [1.29, 1.82) is 0 Å². The molecule has 0 amide bonds. The fourth-order valence-corrected chi connectivity index (χ4v) is 3.45. The van der Waals surface area contributed by atoms with Crippen LogP contribution < -0.4 is 10.1 Å². The standard InChI is InChI=1S/C21H15BrClNO2/c22-14-7-5-13(6-8-14)21-19(24-16-11-9-15(23)10-12-16)20(25)17-3-1-2-4-18(17)26-21/h1-12,19,21,24H. The molecule has 3 aromatic carbocycles. The molecule has 1 heterocycles. The number of hydrogen-bond acceptors (Lipinski definition) is 3. The Bertz CT molecular complexity index is 941. The van der Waals surface area contributed by atoms with E-state index in [2.05, 4.69) is 21.2 Å². The maximum Gasteiger partial charge on any atom is 0.192 e. The van der Waals surface area contributed by atoms with Crippen LogP contribution in [0, 0.1) is 0 Å². The molecule has 0 saturated carbocycles. The highest BCUT2D eigenvalue weighted by molar-refractivity contribution is 9.10. The number of Topliss-reactive ketones (excluding diaryl/α,β-unsaturated/α-hetero) is 1. The van der Waals surface area contributed by atoms with Gasteiger partial charge in [0.25, 0.3) is 0 Å². The Morgan fingerprint density at radius 1 is 0.923 bits per heavy atom. The van der Waals surface area contributed by atoms with Crippen LogP contribution in [-0.4, -0.2) is 11.8 Å². The van der Waals surface area contributed by atoms with Gasteiger partial charge in [0.1, 0.15) is 11.8 Å². The quantitative estimate of drug-likeness (QED) is 0.564. The molecule has 1 aliphatic heterocycles. The van der Waals surface area contributed by atoms with Crippen molar-refractivity contribution in [2.24, 2.45) is 0 Å². The SMILES string of the molecule is O=C1c2ccccc2OC(c2ccc(Br)cc2)C1Nc1ccc(Cl)cc1. The van der Waals surface area contributed by atoms with Crippen molar-refractivity contribution in [3.05, 3.63) is 93.4 Å². The molecule has 4 rings (SSSR count). The Kier molecular flexibility index (Phi) is 4.70. The smallest absolute Gasteiger partial charge is 0.192 e. The fraction of sp³-hybridized carbons (Fsp3) is 0.0952. The van der Waals surface area contributed by atoms with E-state index in [4.69, 9.17) is 16.3 Å². The van der Waals surface area contributed by atoms with Gasteiger partial charge in [-0.05, 0) is 54.1 Å². The third kappa shape index (κ3) is 3.35. The number of para-hydroxylation sites is 1. The molecule has 1 aliphatic rings. The first-order chi connectivity index (χ1) is 12.6. The van der Waals surface area contributed by atoms with E-state index in [0.717, 1.165) is 15.7 Å². The Morgan fingerprint density at radius 2 is 1.62 bits per heavy atom. The van der Waals surface area contributed by atoms with Gasteiger partial charge in [-0.15, -0.1) is 0 Å². The normalized spacial score (nSPS) is 18.8. The van der Waals surface area contributed by atoms with Crippen LogP contribution in [0.1, 0.15) is 22.0 Å². The van der Waals surface area contributed by atoms with Gasteiger partial charge in [0.15, 0.2) is 11.9 Å². The van der Waals surface area contributed by atoms with Gasteiger partial charge in [-0.2, -0.15) is 0 Å². The number of hydrogen-bond donors (Lipinski definition) is 1. The van der Waals surface area contributed by atoms with E-state index in [1.165, 1.54) is 0 Å². The molecule has 1 N–H and O–H groups in total. The van der Waals surface area contributed by atoms with E-state index in [9.17, 15) is 4.79 Å². The van der Waals surface area contributed by atoms with Gasteiger partial charge < -0.3 is 10.1 Å². The van der Waals surface area contributed by atoms with Crippen LogP contribution in [0.4, 0.5) is 5.69 Å². The molecule has 0 spiro atoms. The number of carbonyl (C=O) groups excluding carboxylic acids is 1. The second kappa shape index (κ2) is 7.14. The van der Waals surface area contributed by atoms with Crippen molar-refractivity contribution in [3.63, 3.8) is 0 Å². The molecule has 0 radical (unpaired) electrons. The van der Waals surface area contributed by atoms with Gasteiger partial charge in [-0.1, -0.05) is 51.8 Å². The van der Waals surface area contributed by atoms with Crippen LogP contribution in [-0.2, 0) is 0 Å². The lowest BCUT2D eigenvalue weighted by Crippen LogP contribution is -2.42. The van der Waals surface area contributed by atoms with Crippen molar-refractivity contribution in [3.8, 4) is 5.75 Å². The average molecular weight is 429 g/mol. The monoisotopic (exact) mass is 427 g/mol. The number of anilines is 1. The summed E-state index contributed by atoms with van der Waals surface area (Å²) in [6, 6.07) is 21.9. The maximum absolute atomic E-state index is 13.2. The lowest BCUT2D eigenvalue weighted by atomic mass is 9.91. The molecule has 130 valence electrons. The third-order valence-electron chi connectivity index (χ3n) is 4.36. The number of nitrogens with one attached hydrogen (secondary N) is 1. The highest BCUT2D eigenvalue weighted by Gasteiger charge is 2.38. The average Bonchev–Trinajstić information content (AvgIpc) is 2.66. The van der Waals surface area contributed by atoms with Gasteiger partial charge in [0.05, 0.1) is 5.56 Å². The van der Waals surface area contributed by atoms with E-state index in [1.54, 1.807) is 18.2 Å². The Morgan fingerprint density at radius 3 is 2.35 bits per heavy atom. The second-order valence-corrected chi connectivity index (χ2v) is 7.43. The zero-order valence-electron chi connectivity index (χ0n) is 13.7. The van der Waals surface area contributed by atoms with Gasteiger partial charge in [0.2, 0.25) is 0 Å². The molecular formula is C21H15BrClNO2. The zero-order chi connectivity index (χ0) is 18.1. The molecule has 3 nitrogen and oxygen atoms in total. The number of fused-ring (bicyclic) bond motifs is 1. The summed E-state index contributed by atoms with van der Waals surface area (Å²) in [4.78, 5) is 13.2. The Labute approximate surface area is 165 Å². The van der Waals surface area contributed by atoms with Crippen molar-refractivity contribution < 1.29 is 9.53 Å². The highest BCUT2D eigenvalue weighted by Crippen LogP contribution is 2.36. The summed E-state index contributed by atoms with van der Waals surface area (Å²) in [6.45, 7) is 0. The lowest BCUT2D eigenvalue weighted by molar-refractivity contribution is 0.0812.